The van der Waals surface area contributed by atoms with Crippen molar-refractivity contribution >= 4 is 0 Å². The minimum atomic E-state index is 0.0849. The van der Waals surface area contributed by atoms with Crippen LogP contribution in [0.5, 0.6) is 0 Å². The Kier molecular flexibility index (Phi) is 27.8. The quantitative estimate of drug-likeness (QED) is 0.0969. The van der Waals surface area contributed by atoms with Gasteiger partial charge >= 0.3 is 0 Å². The summed E-state index contributed by atoms with van der Waals surface area (Å²) in [6.07, 6.45) is 29.3. The lowest BCUT2D eigenvalue weighted by Crippen LogP contribution is -2.26. The SMILES string of the molecule is CCCCC/C=C\C/C=C\CCCCCCCCOC(COCCCC)COCCCC. The number of ether oxygens (including phenoxy) is 3. The molecular weight excluding hydrogens is 396 g/mol. The predicted octanol–water partition coefficient (Wildman–Crippen LogP) is 8.82. The first-order valence-electron chi connectivity index (χ1n) is 13.9. The first-order valence-corrected chi connectivity index (χ1v) is 13.9. The Morgan fingerprint density at radius 3 is 1.56 bits per heavy atom. The highest BCUT2D eigenvalue weighted by molar-refractivity contribution is 4.92. The Labute approximate surface area is 201 Å². The molecule has 0 amide bonds. The molecule has 0 saturated heterocycles. The molecular formula is C29H56O3. The van der Waals surface area contributed by atoms with E-state index in [1.54, 1.807) is 0 Å². The lowest BCUT2D eigenvalue weighted by molar-refractivity contribution is -0.0613. The first kappa shape index (κ1) is 31.4. The Balaban J connectivity index is 3.56. The lowest BCUT2D eigenvalue weighted by Gasteiger charge is -2.18. The van der Waals surface area contributed by atoms with Crippen LogP contribution in [0.4, 0.5) is 0 Å². The van der Waals surface area contributed by atoms with Gasteiger partial charge in [0, 0.05) is 19.8 Å². The molecule has 0 aliphatic heterocycles. The minimum absolute atomic E-state index is 0.0849. The Bertz CT molecular complexity index is 380. The molecule has 0 unspecified atom stereocenters. The molecule has 0 heterocycles. The highest BCUT2D eigenvalue weighted by Crippen LogP contribution is 2.09. The van der Waals surface area contributed by atoms with E-state index in [1.165, 1.54) is 77.0 Å². The van der Waals surface area contributed by atoms with Gasteiger partial charge in [-0.05, 0) is 51.4 Å². The number of rotatable bonds is 26. The van der Waals surface area contributed by atoms with Crippen molar-refractivity contribution < 1.29 is 14.2 Å². The third-order valence-electron chi connectivity index (χ3n) is 5.59. The van der Waals surface area contributed by atoms with Gasteiger partial charge in [-0.25, -0.2) is 0 Å². The molecule has 3 heteroatoms. The molecule has 0 aromatic carbocycles. The van der Waals surface area contributed by atoms with E-state index >= 15 is 0 Å². The largest absolute Gasteiger partial charge is 0.379 e. The van der Waals surface area contributed by atoms with Gasteiger partial charge in [-0.2, -0.15) is 0 Å². The fourth-order valence-electron chi connectivity index (χ4n) is 3.41. The molecule has 0 aliphatic carbocycles. The van der Waals surface area contributed by atoms with E-state index in [4.69, 9.17) is 14.2 Å². The van der Waals surface area contributed by atoms with E-state index in [0.717, 1.165) is 45.5 Å². The molecule has 32 heavy (non-hydrogen) atoms. The van der Waals surface area contributed by atoms with E-state index in [-0.39, 0.29) is 6.10 Å². The zero-order valence-electron chi connectivity index (χ0n) is 22.0. The topological polar surface area (TPSA) is 27.7 Å². The molecule has 0 aromatic heterocycles. The summed E-state index contributed by atoms with van der Waals surface area (Å²) in [5.74, 6) is 0. The summed E-state index contributed by atoms with van der Waals surface area (Å²) in [6.45, 7) is 10.4. The van der Waals surface area contributed by atoms with Gasteiger partial charge in [-0.1, -0.05) is 96.4 Å². The van der Waals surface area contributed by atoms with E-state index < -0.39 is 0 Å². The fraction of sp³-hybridized carbons (Fsp3) is 0.862. The maximum atomic E-state index is 6.06. The molecule has 0 aromatic rings. The van der Waals surface area contributed by atoms with E-state index in [2.05, 4.69) is 45.1 Å². The van der Waals surface area contributed by atoms with Gasteiger partial charge < -0.3 is 14.2 Å². The summed E-state index contributed by atoms with van der Waals surface area (Å²) < 4.78 is 17.6. The summed E-state index contributed by atoms with van der Waals surface area (Å²) in [7, 11) is 0. The number of hydrogen-bond acceptors (Lipinski definition) is 3. The zero-order valence-corrected chi connectivity index (χ0v) is 22.0. The van der Waals surface area contributed by atoms with Gasteiger partial charge in [-0.15, -0.1) is 0 Å². The maximum Gasteiger partial charge on any atom is 0.104 e. The van der Waals surface area contributed by atoms with Crippen molar-refractivity contribution in [1.29, 1.82) is 0 Å². The van der Waals surface area contributed by atoms with E-state index in [1.807, 2.05) is 0 Å². The average molecular weight is 453 g/mol. The van der Waals surface area contributed by atoms with Crippen LogP contribution in [0.3, 0.4) is 0 Å². The first-order chi connectivity index (χ1) is 15.8. The van der Waals surface area contributed by atoms with Crippen LogP contribution in [0.15, 0.2) is 24.3 Å². The van der Waals surface area contributed by atoms with Gasteiger partial charge in [-0.3, -0.25) is 0 Å². The Morgan fingerprint density at radius 2 is 1.00 bits per heavy atom. The minimum Gasteiger partial charge on any atom is -0.379 e. The Hall–Kier alpha value is -0.640. The standard InChI is InChI=1S/C29H56O3/c1-4-7-10-11-12-13-14-15-16-17-18-19-20-21-22-23-26-32-29(27-30-24-8-5-2)28-31-25-9-6-3/h12-13,15-16,29H,4-11,14,17-28H2,1-3H3/b13-12-,16-15-. The van der Waals surface area contributed by atoms with Gasteiger partial charge in [0.2, 0.25) is 0 Å². The summed E-state index contributed by atoms with van der Waals surface area (Å²) in [4.78, 5) is 0. The van der Waals surface area contributed by atoms with Crippen molar-refractivity contribution in [2.45, 2.75) is 130 Å². The van der Waals surface area contributed by atoms with Crippen molar-refractivity contribution in [2.24, 2.45) is 0 Å². The predicted molar refractivity (Wildman–Crippen MR) is 141 cm³/mol. The van der Waals surface area contributed by atoms with Crippen molar-refractivity contribution in [2.75, 3.05) is 33.0 Å². The monoisotopic (exact) mass is 452 g/mol. The summed E-state index contributed by atoms with van der Waals surface area (Å²) in [5.41, 5.74) is 0. The molecule has 190 valence electrons. The van der Waals surface area contributed by atoms with Crippen molar-refractivity contribution in [3.05, 3.63) is 24.3 Å². The van der Waals surface area contributed by atoms with Crippen molar-refractivity contribution in [1.82, 2.24) is 0 Å². The van der Waals surface area contributed by atoms with Crippen LogP contribution in [0.25, 0.3) is 0 Å². The smallest absolute Gasteiger partial charge is 0.104 e. The molecule has 0 fully saturated rings. The highest BCUT2D eigenvalue weighted by atomic mass is 16.6. The van der Waals surface area contributed by atoms with Crippen molar-refractivity contribution in [3.63, 3.8) is 0 Å². The second kappa shape index (κ2) is 28.4. The number of unbranched alkanes of at least 4 members (excludes halogenated alkanes) is 11. The van der Waals surface area contributed by atoms with Crippen LogP contribution in [-0.4, -0.2) is 39.1 Å². The van der Waals surface area contributed by atoms with E-state index in [0.29, 0.717) is 13.2 Å². The second-order valence-corrected chi connectivity index (χ2v) is 8.93. The van der Waals surface area contributed by atoms with Crippen LogP contribution in [0.1, 0.15) is 124 Å². The average Bonchev–Trinajstić information content (AvgIpc) is 2.81. The zero-order chi connectivity index (χ0) is 23.4. The maximum absolute atomic E-state index is 6.06. The Morgan fingerprint density at radius 1 is 0.500 bits per heavy atom. The van der Waals surface area contributed by atoms with Gasteiger partial charge in [0.05, 0.1) is 13.2 Å². The van der Waals surface area contributed by atoms with Gasteiger partial charge in [0.1, 0.15) is 6.10 Å². The lowest BCUT2D eigenvalue weighted by atomic mass is 10.1. The molecule has 0 radical (unpaired) electrons. The third kappa shape index (κ3) is 25.6. The summed E-state index contributed by atoms with van der Waals surface area (Å²) >= 11 is 0. The summed E-state index contributed by atoms with van der Waals surface area (Å²) in [6, 6.07) is 0. The molecule has 0 N–H and O–H groups in total. The fourth-order valence-corrected chi connectivity index (χ4v) is 3.41. The normalized spacial score (nSPS) is 12.1. The summed E-state index contributed by atoms with van der Waals surface area (Å²) in [5, 5.41) is 0. The van der Waals surface area contributed by atoms with Crippen LogP contribution in [0, 0.1) is 0 Å². The molecule has 0 atom stereocenters. The highest BCUT2D eigenvalue weighted by Gasteiger charge is 2.09. The van der Waals surface area contributed by atoms with Crippen molar-refractivity contribution in [3.8, 4) is 0 Å². The van der Waals surface area contributed by atoms with Crippen LogP contribution >= 0.6 is 0 Å². The molecule has 0 bridgehead atoms. The molecule has 0 rings (SSSR count). The van der Waals surface area contributed by atoms with Crippen LogP contribution in [0.2, 0.25) is 0 Å². The molecule has 3 nitrogen and oxygen atoms in total. The van der Waals surface area contributed by atoms with Gasteiger partial charge in [0.25, 0.3) is 0 Å². The van der Waals surface area contributed by atoms with Crippen LogP contribution in [-0.2, 0) is 14.2 Å². The molecule has 0 aliphatic rings. The third-order valence-corrected chi connectivity index (χ3v) is 5.59. The molecule has 0 spiro atoms. The van der Waals surface area contributed by atoms with E-state index in [9.17, 15) is 0 Å². The van der Waals surface area contributed by atoms with Gasteiger partial charge in [0.15, 0.2) is 0 Å². The van der Waals surface area contributed by atoms with Crippen LogP contribution < -0.4 is 0 Å². The molecule has 0 saturated carbocycles. The number of allylic oxidation sites excluding steroid dienone is 4. The second-order valence-electron chi connectivity index (χ2n) is 8.93. The number of hydrogen-bond donors (Lipinski definition) is 0.